The van der Waals surface area contributed by atoms with Crippen LogP contribution in [0.25, 0.3) is 17.8 Å². The number of Topliss-reactive ketones (excluding diaryl/α,β-unsaturated/α-hetero) is 1. The molecule has 0 atom stereocenters. The molecule has 0 fully saturated rings. The molecule has 0 aliphatic rings. The molecule has 7 nitrogen and oxygen atoms in total. The fraction of sp³-hybridized carbons (Fsp3) is 0.360. The van der Waals surface area contributed by atoms with Gasteiger partial charge in [-0.1, -0.05) is 26.7 Å². The molecule has 0 N–H and O–H groups in total. The Morgan fingerprint density at radius 3 is 1.88 bits per heavy atom. The van der Waals surface area contributed by atoms with E-state index in [4.69, 9.17) is 9.47 Å². The summed E-state index contributed by atoms with van der Waals surface area (Å²) in [6, 6.07) is 5.13. The van der Waals surface area contributed by atoms with Gasteiger partial charge in [-0.15, -0.1) is 0 Å². The van der Waals surface area contributed by atoms with E-state index in [0.29, 0.717) is 35.6 Å². The molecule has 0 aliphatic heterocycles. The minimum absolute atomic E-state index is 0.141. The molecule has 1 aromatic carbocycles. The summed E-state index contributed by atoms with van der Waals surface area (Å²) < 4.78 is 12.0. The summed E-state index contributed by atoms with van der Waals surface area (Å²) in [6.07, 6.45) is 12.7. The monoisotopic (exact) mass is 438 g/mol. The van der Waals surface area contributed by atoms with Crippen molar-refractivity contribution in [2.45, 2.75) is 46.5 Å². The molecular formula is C25H30N2O5. The number of hydrogen-bond donors (Lipinski definition) is 0. The van der Waals surface area contributed by atoms with E-state index in [1.807, 2.05) is 13.8 Å². The predicted octanol–water partition coefficient (Wildman–Crippen LogP) is 4.79. The first-order valence-corrected chi connectivity index (χ1v) is 10.8. The van der Waals surface area contributed by atoms with Crippen molar-refractivity contribution in [2.24, 2.45) is 0 Å². The van der Waals surface area contributed by atoms with Gasteiger partial charge in [-0.3, -0.25) is 4.79 Å². The molecule has 0 saturated carbocycles. The Kier molecular flexibility index (Phi) is 10.1. The highest BCUT2D eigenvalue weighted by atomic mass is 16.5. The number of rotatable bonds is 12. The lowest BCUT2D eigenvalue weighted by Crippen LogP contribution is -2.06. The van der Waals surface area contributed by atoms with Crippen LogP contribution in [0.1, 0.15) is 67.9 Å². The van der Waals surface area contributed by atoms with Crippen LogP contribution in [0.2, 0.25) is 0 Å². The molecule has 170 valence electrons. The molecule has 0 spiro atoms. The normalized spacial score (nSPS) is 11.2. The lowest BCUT2D eigenvalue weighted by molar-refractivity contribution is -0.138. The minimum atomic E-state index is -0.463. The smallest absolute Gasteiger partial charge is 0.330 e. The Bertz CT molecular complexity index is 921. The summed E-state index contributed by atoms with van der Waals surface area (Å²) in [5, 5.41) is 4.29. The molecule has 0 radical (unpaired) electrons. The molecule has 1 heterocycles. The van der Waals surface area contributed by atoms with Crippen LogP contribution >= 0.6 is 0 Å². The molecule has 0 unspecified atom stereocenters. The van der Waals surface area contributed by atoms with Crippen LogP contribution in [0.4, 0.5) is 0 Å². The second-order valence-corrected chi connectivity index (χ2v) is 7.22. The number of carbonyl (C=O) groups excluding carboxylic acids is 3. The van der Waals surface area contributed by atoms with Gasteiger partial charge in [-0.25, -0.2) is 14.3 Å². The Hall–Kier alpha value is -3.48. The summed E-state index contributed by atoms with van der Waals surface area (Å²) in [5.74, 6) is -1.07. The molecule has 7 heteroatoms. The van der Waals surface area contributed by atoms with Crippen molar-refractivity contribution in [3.8, 4) is 5.69 Å². The average molecular weight is 439 g/mol. The van der Waals surface area contributed by atoms with Crippen molar-refractivity contribution in [1.82, 2.24) is 9.78 Å². The summed E-state index contributed by atoms with van der Waals surface area (Å²) in [7, 11) is 0. The SMILES string of the molecule is CCCCOC(=O)/C=C/c1cc(C(C)=O)cc(/C=C/C(=O)OCCCC)c1-n1cccn1. The third-order valence-electron chi connectivity index (χ3n) is 4.59. The highest BCUT2D eigenvalue weighted by Crippen LogP contribution is 2.25. The van der Waals surface area contributed by atoms with Crippen LogP contribution in [0.5, 0.6) is 0 Å². The van der Waals surface area contributed by atoms with Crippen LogP contribution in [0.3, 0.4) is 0 Å². The van der Waals surface area contributed by atoms with Gasteiger partial charge >= 0.3 is 11.9 Å². The molecule has 2 rings (SSSR count). The molecule has 0 amide bonds. The number of benzene rings is 1. The van der Waals surface area contributed by atoms with Gasteiger partial charge in [-0.2, -0.15) is 5.10 Å². The number of esters is 2. The molecular weight excluding hydrogens is 408 g/mol. The maximum absolute atomic E-state index is 12.1. The van der Waals surface area contributed by atoms with Crippen molar-refractivity contribution in [1.29, 1.82) is 0 Å². The van der Waals surface area contributed by atoms with Crippen LogP contribution < -0.4 is 0 Å². The van der Waals surface area contributed by atoms with Crippen LogP contribution in [-0.4, -0.2) is 40.7 Å². The van der Waals surface area contributed by atoms with E-state index in [0.717, 1.165) is 25.7 Å². The Morgan fingerprint density at radius 2 is 1.47 bits per heavy atom. The zero-order chi connectivity index (χ0) is 23.3. The van der Waals surface area contributed by atoms with Gasteiger partial charge in [0.1, 0.15) is 0 Å². The Labute approximate surface area is 188 Å². The lowest BCUT2D eigenvalue weighted by Gasteiger charge is -2.13. The molecule has 2 aromatic rings. The topological polar surface area (TPSA) is 87.5 Å². The zero-order valence-electron chi connectivity index (χ0n) is 18.9. The first-order valence-electron chi connectivity index (χ1n) is 10.8. The number of carbonyl (C=O) groups is 3. The maximum atomic E-state index is 12.1. The second kappa shape index (κ2) is 13.0. The number of unbranched alkanes of at least 4 members (excludes halogenated alkanes) is 2. The van der Waals surface area contributed by atoms with Gasteiger partial charge in [-0.05, 0) is 50.1 Å². The highest BCUT2D eigenvalue weighted by Gasteiger charge is 2.13. The largest absolute Gasteiger partial charge is 0.463 e. The summed E-state index contributed by atoms with van der Waals surface area (Å²) in [5.41, 5.74) is 2.25. The third-order valence-corrected chi connectivity index (χ3v) is 4.59. The van der Waals surface area contributed by atoms with Gasteiger partial charge < -0.3 is 9.47 Å². The first kappa shape index (κ1) is 24.8. The quantitative estimate of drug-likeness (QED) is 0.205. The zero-order valence-corrected chi connectivity index (χ0v) is 18.9. The summed E-state index contributed by atoms with van der Waals surface area (Å²) in [4.78, 5) is 36.2. The van der Waals surface area contributed by atoms with Crippen molar-refractivity contribution in [3.05, 3.63) is 59.4 Å². The van der Waals surface area contributed by atoms with Gasteiger partial charge in [0.2, 0.25) is 0 Å². The van der Waals surface area contributed by atoms with Crippen molar-refractivity contribution in [2.75, 3.05) is 13.2 Å². The number of hydrogen-bond acceptors (Lipinski definition) is 6. The van der Waals surface area contributed by atoms with Gasteiger partial charge in [0.25, 0.3) is 0 Å². The maximum Gasteiger partial charge on any atom is 0.330 e. The second-order valence-electron chi connectivity index (χ2n) is 7.22. The van der Waals surface area contributed by atoms with E-state index in [-0.39, 0.29) is 5.78 Å². The van der Waals surface area contributed by atoms with E-state index in [2.05, 4.69) is 5.10 Å². The third kappa shape index (κ3) is 7.65. The van der Waals surface area contributed by atoms with Gasteiger partial charge in [0.15, 0.2) is 5.78 Å². The van der Waals surface area contributed by atoms with E-state index in [1.54, 1.807) is 47.4 Å². The van der Waals surface area contributed by atoms with Crippen LogP contribution in [-0.2, 0) is 19.1 Å². The average Bonchev–Trinajstić information content (AvgIpc) is 3.30. The Balaban J connectivity index is 2.44. The first-order chi connectivity index (χ1) is 15.5. The summed E-state index contributed by atoms with van der Waals surface area (Å²) in [6.45, 7) is 6.20. The van der Waals surface area contributed by atoms with Crippen molar-refractivity contribution >= 4 is 29.9 Å². The summed E-state index contributed by atoms with van der Waals surface area (Å²) >= 11 is 0. The fourth-order valence-electron chi connectivity index (χ4n) is 2.85. The van der Waals surface area contributed by atoms with E-state index in [1.165, 1.54) is 19.1 Å². The fourth-order valence-corrected chi connectivity index (χ4v) is 2.85. The number of nitrogens with zero attached hydrogens (tertiary/aromatic N) is 2. The Morgan fingerprint density at radius 1 is 0.938 bits per heavy atom. The minimum Gasteiger partial charge on any atom is -0.463 e. The molecule has 1 aromatic heterocycles. The standard InChI is InChI=1S/C25H30N2O5/c1-4-6-15-31-23(29)11-9-20-17-22(19(3)28)18-21(25(20)27-14-8-13-26-27)10-12-24(30)32-16-7-5-2/h8-14,17-18H,4-7,15-16H2,1-3H3/b11-9+,12-10+. The number of ether oxygens (including phenoxy) is 2. The van der Waals surface area contributed by atoms with E-state index in [9.17, 15) is 14.4 Å². The van der Waals surface area contributed by atoms with E-state index < -0.39 is 11.9 Å². The highest BCUT2D eigenvalue weighted by molar-refractivity contribution is 5.98. The number of ketones is 1. The van der Waals surface area contributed by atoms with Crippen LogP contribution in [0, 0.1) is 0 Å². The van der Waals surface area contributed by atoms with Gasteiger partial charge in [0, 0.05) is 41.2 Å². The van der Waals surface area contributed by atoms with Crippen LogP contribution in [0.15, 0.2) is 42.7 Å². The van der Waals surface area contributed by atoms with Gasteiger partial charge in [0.05, 0.1) is 18.9 Å². The predicted molar refractivity (Wildman–Crippen MR) is 123 cm³/mol. The molecule has 32 heavy (non-hydrogen) atoms. The molecule has 0 bridgehead atoms. The van der Waals surface area contributed by atoms with Crippen molar-refractivity contribution in [3.63, 3.8) is 0 Å². The van der Waals surface area contributed by atoms with Crippen molar-refractivity contribution < 1.29 is 23.9 Å². The lowest BCUT2D eigenvalue weighted by atomic mass is 9.99. The number of aromatic nitrogens is 2. The van der Waals surface area contributed by atoms with E-state index >= 15 is 0 Å². The molecule has 0 saturated heterocycles. The molecule has 0 aliphatic carbocycles.